The largest absolute Gasteiger partial charge is 0.492 e. The molecule has 0 aliphatic heterocycles. The summed E-state index contributed by atoms with van der Waals surface area (Å²) in [6.07, 6.45) is 0. The predicted octanol–water partition coefficient (Wildman–Crippen LogP) is 3.62. The molecule has 0 saturated carbocycles. The highest BCUT2D eigenvalue weighted by atomic mass is 35.5. The molecule has 0 bridgehead atoms. The lowest BCUT2D eigenvalue weighted by Gasteiger charge is -2.13. The Kier molecular flexibility index (Phi) is 3.82. The van der Waals surface area contributed by atoms with Crippen LogP contribution in [0.25, 0.3) is 0 Å². The third-order valence-electron chi connectivity index (χ3n) is 2.23. The van der Waals surface area contributed by atoms with E-state index in [1.807, 2.05) is 6.92 Å². The zero-order valence-corrected chi connectivity index (χ0v) is 9.98. The van der Waals surface area contributed by atoms with Crippen LogP contribution in [-0.2, 0) is 0 Å². The molecule has 1 unspecified atom stereocenters. The average molecular weight is 213 g/mol. The molecule has 0 spiro atoms. The van der Waals surface area contributed by atoms with E-state index in [0.29, 0.717) is 6.61 Å². The van der Waals surface area contributed by atoms with Gasteiger partial charge in [-0.25, -0.2) is 0 Å². The van der Waals surface area contributed by atoms with E-state index in [-0.39, 0.29) is 5.38 Å². The topological polar surface area (TPSA) is 9.23 Å². The summed E-state index contributed by atoms with van der Waals surface area (Å²) >= 11 is 5.83. The van der Waals surface area contributed by atoms with Crippen LogP contribution in [0.5, 0.6) is 5.75 Å². The van der Waals surface area contributed by atoms with Crippen LogP contribution in [-0.4, -0.2) is 12.0 Å². The molecule has 1 atom stereocenters. The molecule has 0 saturated heterocycles. The van der Waals surface area contributed by atoms with Crippen molar-refractivity contribution in [1.29, 1.82) is 0 Å². The number of hydrogen-bond donors (Lipinski definition) is 0. The summed E-state index contributed by atoms with van der Waals surface area (Å²) in [7, 11) is 0. The van der Waals surface area contributed by atoms with Crippen LogP contribution in [0, 0.1) is 20.8 Å². The van der Waals surface area contributed by atoms with Crippen LogP contribution >= 0.6 is 11.6 Å². The first-order chi connectivity index (χ1) is 6.50. The molecule has 14 heavy (non-hydrogen) atoms. The van der Waals surface area contributed by atoms with Crippen LogP contribution < -0.4 is 4.74 Å². The van der Waals surface area contributed by atoms with Crippen LogP contribution in [0.4, 0.5) is 0 Å². The molecule has 78 valence electrons. The van der Waals surface area contributed by atoms with Gasteiger partial charge in [-0.3, -0.25) is 0 Å². The number of halogens is 1. The minimum atomic E-state index is 0.0511. The fourth-order valence-corrected chi connectivity index (χ4v) is 1.42. The third kappa shape index (κ3) is 2.91. The molecule has 0 fully saturated rings. The van der Waals surface area contributed by atoms with Crippen molar-refractivity contribution < 1.29 is 4.74 Å². The highest BCUT2D eigenvalue weighted by Gasteiger charge is 2.05. The van der Waals surface area contributed by atoms with Gasteiger partial charge in [0.1, 0.15) is 12.4 Å². The maximum Gasteiger partial charge on any atom is 0.122 e. The first-order valence-electron chi connectivity index (χ1n) is 4.85. The Labute approximate surface area is 91.0 Å². The molecule has 0 heterocycles. The second kappa shape index (κ2) is 4.70. The van der Waals surface area contributed by atoms with Gasteiger partial charge in [0.05, 0.1) is 5.38 Å². The van der Waals surface area contributed by atoms with Crippen molar-refractivity contribution in [3.05, 3.63) is 28.8 Å². The molecular formula is C12H17ClO. The van der Waals surface area contributed by atoms with E-state index in [1.165, 1.54) is 16.7 Å². The normalized spacial score (nSPS) is 12.6. The summed E-state index contributed by atoms with van der Waals surface area (Å²) < 4.78 is 5.63. The van der Waals surface area contributed by atoms with Gasteiger partial charge in [0.15, 0.2) is 0 Å². The fraction of sp³-hybridized carbons (Fsp3) is 0.500. The third-order valence-corrected chi connectivity index (χ3v) is 2.36. The highest BCUT2D eigenvalue weighted by molar-refractivity contribution is 6.20. The number of alkyl halides is 1. The van der Waals surface area contributed by atoms with Crippen molar-refractivity contribution in [2.45, 2.75) is 33.1 Å². The number of rotatable bonds is 3. The summed E-state index contributed by atoms with van der Waals surface area (Å²) in [5, 5.41) is 0.0511. The minimum absolute atomic E-state index is 0.0511. The Morgan fingerprint density at radius 2 is 1.93 bits per heavy atom. The van der Waals surface area contributed by atoms with Crippen LogP contribution in [0.15, 0.2) is 12.1 Å². The first kappa shape index (κ1) is 11.4. The van der Waals surface area contributed by atoms with Gasteiger partial charge in [-0.1, -0.05) is 6.07 Å². The zero-order valence-electron chi connectivity index (χ0n) is 9.23. The van der Waals surface area contributed by atoms with E-state index in [9.17, 15) is 0 Å². The van der Waals surface area contributed by atoms with Gasteiger partial charge in [-0.2, -0.15) is 0 Å². The van der Waals surface area contributed by atoms with E-state index >= 15 is 0 Å². The molecule has 0 amide bonds. The molecule has 1 rings (SSSR count). The zero-order chi connectivity index (χ0) is 10.7. The monoisotopic (exact) mass is 212 g/mol. The summed E-state index contributed by atoms with van der Waals surface area (Å²) in [5.41, 5.74) is 3.69. The van der Waals surface area contributed by atoms with Gasteiger partial charge in [-0.15, -0.1) is 11.6 Å². The number of ether oxygens (including phenoxy) is 1. The van der Waals surface area contributed by atoms with Crippen molar-refractivity contribution in [3.8, 4) is 5.75 Å². The quantitative estimate of drug-likeness (QED) is 0.696. The molecule has 1 aromatic rings. The van der Waals surface area contributed by atoms with Gasteiger partial charge < -0.3 is 4.74 Å². The van der Waals surface area contributed by atoms with Crippen LogP contribution in [0.1, 0.15) is 23.6 Å². The molecule has 2 heteroatoms. The van der Waals surface area contributed by atoms with Crippen molar-refractivity contribution >= 4 is 11.6 Å². The van der Waals surface area contributed by atoms with Gasteiger partial charge in [0, 0.05) is 0 Å². The standard InChI is InChI=1S/C12H17ClO/c1-8-5-9(2)11(4)12(6-8)14-7-10(3)13/h5-6,10H,7H2,1-4H3. The van der Waals surface area contributed by atoms with Gasteiger partial charge in [0.2, 0.25) is 0 Å². The summed E-state index contributed by atoms with van der Waals surface area (Å²) in [6, 6.07) is 4.22. The van der Waals surface area contributed by atoms with Crippen LogP contribution in [0.2, 0.25) is 0 Å². The second-order valence-corrected chi connectivity index (χ2v) is 4.54. The highest BCUT2D eigenvalue weighted by Crippen LogP contribution is 2.23. The van der Waals surface area contributed by atoms with Gasteiger partial charge in [0.25, 0.3) is 0 Å². The average Bonchev–Trinajstić information content (AvgIpc) is 2.08. The fourth-order valence-electron chi connectivity index (χ4n) is 1.36. The van der Waals surface area contributed by atoms with Crippen molar-refractivity contribution in [2.75, 3.05) is 6.61 Å². The smallest absolute Gasteiger partial charge is 0.122 e. The van der Waals surface area contributed by atoms with Gasteiger partial charge >= 0.3 is 0 Å². The number of aryl methyl sites for hydroxylation is 2. The minimum Gasteiger partial charge on any atom is -0.492 e. The Bertz CT molecular complexity index is 318. The maximum atomic E-state index is 5.83. The first-order valence-corrected chi connectivity index (χ1v) is 5.29. The molecule has 0 aliphatic rings. The Balaban J connectivity index is 2.85. The molecule has 1 nitrogen and oxygen atoms in total. The lowest BCUT2D eigenvalue weighted by atomic mass is 10.1. The molecule has 0 aromatic heterocycles. The second-order valence-electron chi connectivity index (χ2n) is 3.80. The lowest BCUT2D eigenvalue weighted by Crippen LogP contribution is -2.08. The maximum absolute atomic E-state index is 5.83. The van der Waals surface area contributed by atoms with Crippen molar-refractivity contribution in [3.63, 3.8) is 0 Å². The Morgan fingerprint density at radius 3 is 2.50 bits per heavy atom. The van der Waals surface area contributed by atoms with E-state index in [4.69, 9.17) is 16.3 Å². The number of hydrogen-bond acceptors (Lipinski definition) is 1. The van der Waals surface area contributed by atoms with Crippen molar-refractivity contribution in [2.24, 2.45) is 0 Å². The van der Waals surface area contributed by atoms with E-state index in [0.717, 1.165) is 5.75 Å². The van der Waals surface area contributed by atoms with E-state index in [1.54, 1.807) is 0 Å². The summed E-state index contributed by atoms with van der Waals surface area (Å²) in [5.74, 6) is 0.954. The van der Waals surface area contributed by atoms with E-state index < -0.39 is 0 Å². The van der Waals surface area contributed by atoms with Crippen molar-refractivity contribution in [1.82, 2.24) is 0 Å². The number of benzene rings is 1. The lowest BCUT2D eigenvalue weighted by molar-refractivity contribution is 0.318. The van der Waals surface area contributed by atoms with Crippen LogP contribution in [0.3, 0.4) is 0 Å². The predicted molar refractivity (Wildman–Crippen MR) is 61.5 cm³/mol. The molecule has 0 aliphatic carbocycles. The Hall–Kier alpha value is -0.690. The summed E-state index contributed by atoms with van der Waals surface area (Å²) in [6.45, 7) is 8.73. The van der Waals surface area contributed by atoms with E-state index in [2.05, 4.69) is 32.9 Å². The molecule has 0 N–H and O–H groups in total. The molecular weight excluding hydrogens is 196 g/mol. The SMILES string of the molecule is Cc1cc(C)c(C)c(OCC(C)Cl)c1. The molecule has 1 aromatic carbocycles. The Morgan fingerprint density at radius 1 is 1.29 bits per heavy atom. The summed E-state index contributed by atoms with van der Waals surface area (Å²) in [4.78, 5) is 0. The van der Waals surface area contributed by atoms with Gasteiger partial charge in [-0.05, 0) is 50.5 Å². The molecule has 0 radical (unpaired) electrons.